The molecule has 0 atom stereocenters. The van der Waals surface area contributed by atoms with E-state index in [1.165, 1.54) is 31.2 Å². The fourth-order valence-corrected chi connectivity index (χ4v) is 2.56. The van der Waals surface area contributed by atoms with E-state index in [9.17, 15) is 4.79 Å². The van der Waals surface area contributed by atoms with Crippen LogP contribution >= 0.6 is 0 Å². The van der Waals surface area contributed by atoms with Crippen molar-refractivity contribution in [1.29, 1.82) is 0 Å². The summed E-state index contributed by atoms with van der Waals surface area (Å²) in [5, 5.41) is 3.03. The quantitative estimate of drug-likeness (QED) is 0.641. The van der Waals surface area contributed by atoms with Crippen LogP contribution in [-0.2, 0) is 5.41 Å². The Hall–Kier alpha value is -1.31. The molecular formula is C21H35NO. The SMILES string of the molecule is CC(C)(C)CCCCCCNC(=O)c1ccc(C(C)(C)C)cc1. The van der Waals surface area contributed by atoms with Gasteiger partial charge in [0.05, 0.1) is 0 Å². The second-order valence-electron chi connectivity index (χ2n) is 8.81. The molecule has 0 radical (unpaired) electrons. The summed E-state index contributed by atoms with van der Waals surface area (Å²) in [6, 6.07) is 7.97. The van der Waals surface area contributed by atoms with Crippen LogP contribution in [0.2, 0.25) is 0 Å². The fraction of sp³-hybridized carbons (Fsp3) is 0.667. The molecule has 0 aliphatic rings. The Kier molecular flexibility index (Phi) is 7.31. The maximum Gasteiger partial charge on any atom is 0.251 e. The molecule has 0 spiro atoms. The van der Waals surface area contributed by atoms with Crippen LogP contribution in [-0.4, -0.2) is 12.5 Å². The van der Waals surface area contributed by atoms with Gasteiger partial charge in [-0.1, -0.05) is 72.9 Å². The zero-order valence-corrected chi connectivity index (χ0v) is 16.0. The molecule has 0 unspecified atom stereocenters. The number of unbranched alkanes of at least 4 members (excludes halogenated alkanes) is 3. The molecule has 0 bridgehead atoms. The van der Waals surface area contributed by atoms with Gasteiger partial charge in [-0.15, -0.1) is 0 Å². The molecule has 1 aromatic rings. The lowest BCUT2D eigenvalue weighted by Gasteiger charge is -2.19. The monoisotopic (exact) mass is 317 g/mol. The maximum absolute atomic E-state index is 12.1. The predicted octanol–water partition coefficient (Wildman–Crippen LogP) is 5.71. The van der Waals surface area contributed by atoms with Crippen molar-refractivity contribution in [2.75, 3.05) is 6.54 Å². The Morgan fingerprint density at radius 3 is 1.96 bits per heavy atom. The zero-order valence-electron chi connectivity index (χ0n) is 16.0. The average molecular weight is 318 g/mol. The van der Waals surface area contributed by atoms with E-state index in [0.717, 1.165) is 18.5 Å². The van der Waals surface area contributed by atoms with Gasteiger partial charge in [-0.25, -0.2) is 0 Å². The number of hydrogen-bond acceptors (Lipinski definition) is 1. The third kappa shape index (κ3) is 8.20. The van der Waals surface area contributed by atoms with E-state index in [2.05, 4.69) is 59.0 Å². The second kappa shape index (κ2) is 8.52. The van der Waals surface area contributed by atoms with Crippen molar-refractivity contribution in [1.82, 2.24) is 5.32 Å². The number of benzene rings is 1. The first-order chi connectivity index (χ1) is 10.6. The molecule has 23 heavy (non-hydrogen) atoms. The summed E-state index contributed by atoms with van der Waals surface area (Å²) in [4.78, 5) is 12.1. The van der Waals surface area contributed by atoms with Crippen molar-refractivity contribution in [3.8, 4) is 0 Å². The van der Waals surface area contributed by atoms with Crippen LogP contribution in [0.1, 0.15) is 89.6 Å². The minimum atomic E-state index is 0.0418. The standard InChI is InChI=1S/C21H35NO/c1-20(2,3)15-9-7-8-10-16-22-19(23)17-11-13-18(14-12-17)21(4,5)6/h11-14H,7-10,15-16H2,1-6H3,(H,22,23). The summed E-state index contributed by atoms with van der Waals surface area (Å²) < 4.78 is 0. The number of nitrogens with one attached hydrogen (secondary N) is 1. The molecule has 0 aliphatic carbocycles. The highest BCUT2D eigenvalue weighted by Gasteiger charge is 2.14. The number of carbonyl (C=O) groups excluding carboxylic acids is 1. The summed E-state index contributed by atoms with van der Waals surface area (Å²) in [5.41, 5.74) is 2.58. The van der Waals surface area contributed by atoms with Crippen molar-refractivity contribution in [2.45, 2.75) is 79.1 Å². The third-order valence-electron chi connectivity index (χ3n) is 4.15. The Morgan fingerprint density at radius 2 is 1.43 bits per heavy atom. The Labute approximate surface area is 143 Å². The molecule has 0 saturated heterocycles. The van der Waals surface area contributed by atoms with Gasteiger partial charge in [0.15, 0.2) is 0 Å². The van der Waals surface area contributed by atoms with Crippen LogP contribution in [0.25, 0.3) is 0 Å². The largest absolute Gasteiger partial charge is 0.352 e. The molecular weight excluding hydrogens is 282 g/mol. The highest BCUT2D eigenvalue weighted by atomic mass is 16.1. The molecule has 0 fully saturated rings. The van der Waals surface area contributed by atoms with E-state index in [0.29, 0.717) is 5.41 Å². The summed E-state index contributed by atoms with van der Waals surface area (Å²) >= 11 is 0. The predicted molar refractivity (Wildman–Crippen MR) is 100 cm³/mol. The molecule has 1 aromatic carbocycles. The van der Waals surface area contributed by atoms with E-state index in [1.807, 2.05) is 12.1 Å². The minimum absolute atomic E-state index is 0.0418. The van der Waals surface area contributed by atoms with Crippen molar-refractivity contribution >= 4 is 5.91 Å². The van der Waals surface area contributed by atoms with Crippen LogP contribution in [0.4, 0.5) is 0 Å². The van der Waals surface area contributed by atoms with Gasteiger partial charge >= 0.3 is 0 Å². The first-order valence-electron chi connectivity index (χ1n) is 8.98. The van der Waals surface area contributed by atoms with Gasteiger partial charge in [0.1, 0.15) is 0 Å². The van der Waals surface area contributed by atoms with Gasteiger partial charge in [0.25, 0.3) is 5.91 Å². The molecule has 0 aliphatic heterocycles. The molecule has 0 aromatic heterocycles. The lowest BCUT2D eigenvalue weighted by molar-refractivity contribution is 0.0953. The zero-order chi connectivity index (χ0) is 17.5. The lowest BCUT2D eigenvalue weighted by Crippen LogP contribution is -2.24. The first-order valence-corrected chi connectivity index (χ1v) is 8.98. The lowest BCUT2D eigenvalue weighted by atomic mass is 9.87. The van der Waals surface area contributed by atoms with Crippen molar-refractivity contribution in [3.05, 3.63) is 35.4 Å². The fourth-order valence-electron chi connectivity index (χ4n) is 2.56. The summed E-state index contributed by atoms with van der Waals surface area (Å²) in [6.45, 7) is 14.2. The van der Waals surface area contributed by atoms with Crippen LogP contribution in [0.15, 0.2) is 24.3 Å². The van der Waals surface area contributed by atoms with Gasteiger partial charge in [-0.05, 0) is 41.4 Å². The topological polar surface area (TPSA) is 29.1 Å². The molecule has 1 rings (SSSR count). The highest BCUT2D eigenvalue weighted by Crippen LogP contribution is 2.23. The molecule has 0 heterocycles. The first kappa shape index (κ1) is 19.7. The molecule has 0 saturated carbocycles. The smallest absolute Gasteiger partial charge is 0.251 e. The van der Waals surface area contributed by atoms with Crippen LogP contribution in [0.3, 0.4) is 0 Å². The molecule has 1 N–H and O–H groups in total. The van der Waals surface area contributed by atoms with Crippen LogP contribution in [0.5, 0.6) is 0 Å². The van der Waals surface area contributed by atoms with Crippen LogP contribution in [0, 0.1) is 5.41 Å². The average Bonchev–Trinajstić information content (AvgIpc) is 2.44. The number of hydrogen-bond donors (Lipinski definition) is 1. The summed E-state index contributed by atoms with van der Waals surface area (Å²) in [7, 11) is 0. The summed E-state index contributed by atoms with van der Waals surface area (Å²) in [5.74, 6) is 0.0418. The van der Waals surface area contributed by atoms with Gasteiger partial charge in [0.2, 0.25) is 0 Å². The van der Waals surface area contributed by atoms with Gasteiger partial charge in [-0.2, -0.15) is 0 Å². The van der Waals surface area contributed by atoms with E-state index in [1.54, 1.807) is 0 Å². The number of carbonyl (C=O) groups is 1. The normalized spacial score (nSPS) is 12.3. The molecule has 2 nitrogen and oxygen atoms in total. The van der Waals surface area contributed by atoms with E-state index < -0.39 is 0 Å². The Bertz CT molecular complexity index is 474. The van der Waals surface area contributed by atoms with E-state index >= 15 is 0 Å². The molecule has 130 valence electrons. The minimum Gasteiger partial charge on any atom is -0.352 e. The van der Waals surface area contributed by atoms with Crippen LogP contribution < -0.4 is 5.32 Å². The Morgan fingerprint density at radius 1 is 0.870 bits per heavy atom. The molecule has 2 heteroatoms. The van der Waals surface area contributed by atoms with Crippen molar-refractivity contribution in [2.24, 2.45) is 5.41 Å². The third-order valence-corrected chi connectivity index (χ3v) is 4.15. The van der Waals surface area contributed by atoms with Gasteiger partial charge < -0.3 is 5.32 Å². The number of rotatable bonds is 7. The van der Waals surface area contributed by atoms with Crippen molar-refractivity contribution < 1.29 is 4.79 Å². The second-order valence-corrected chi connectivity index (χ2v) is 8.81. The number of amides is 1. The van der Waals surface area contributed by atoms with Gasteiger partial charge in [-0.3, -0.25) is 4.79 Å². The van der Waals surface area contributed by atoms with E-state index in [-0.39, 0.29) is 11.3 Å². The maximum atomic E-state index is 12.1. The summed E-state index contributed by atoms with van der Waals surface area (Å²) in [6.07, 6.45) is 6.08. The Balaban J connectivity index is 2.24. The highest BCUT2D eigenvalue weighted by molar-refractivity contribution is 5.94. The van der Waals surface area contributed by atoms with Crippen molar-refractivity contribution in [3.63, 3.8) is 0 Å². The van der Waals surface area contributed by atoms with Gasteiger partial charge in [0, 0.05) is 12.1 Å². The molecule has 1 amide bonds. The van der Waals surface area contributed by atoms with E-state index in [4.69, 9.17) is 0 Å².